The highest BCUT2D eigenvalue weighted by Gasteiger charge is 2.51. The Hall–Kier alpha value is -1.30. The lowest BCUT2D eigenvalue weighted by Crippen LogP contribution is -2.61. The van der Waals surface area contributed by atoms with E-state index in [1.54, 1.807) is 0 Å². The van der Waals surface area contributed by atoms with Gasteiger partial charge in [0.1, 0.15) is 5.41 Å². The molecule has 2 rings (SSSR count). The van der Waals surface area contributed by atoms with Crippen LogP contribution in [0.25, 0.3) is 0 Å². The minimum absolute atomic E-state index is 0.0321. The summed E-state index contributed by atoms with van der Waals surface area (Å²) in [5.41, 5.74) is 5.00. The Morgan fingerprint density at radius 1 is 1.44 bits per heavy atom. The molecule has 1 heterocycles. The largest absolute Gasteiger partial charge is 0.409 e. The van der Waals surface area contributed by atoms with Gasteiger partial charge in [-0.2, -0.15) is 0 Å². The Morgan fingerprint density at radius 3 is 2.56 bits per heavy atom. The van der Waals surface area contributed by atoms with E-state index in [0.29, 0.717) is 12.8 Å². The van der Waals surface area contributed by atoms with E-state index < -0.39 is 5.41 Å². The molecular weight excluding hydrogens is 232 g/mol. The predicted molar refractivity (Wildman–Crippen MR) is 68.4 cm³/mol. The zero-order valence-electron chi connectivity index (χ0n) is 11.1. The summed E-state index contributed by atoms with van der Waals surface area (Å²) < 4.78 is 0. The van der Waals surface area contributed by atoms with Gasteiger partial charge in [0, 0.05) is 25.7 Å². The summed E-state index contributed by atoms with van der Waals surface area (Å²) in [6.45, 7) is 4.52. The highest BCUT2D eigenvalue weighted by molar-refractivity contribution is 6.07. The first-order valence-electron chi connectivity index (χ1n) is 6.49. The molecule has 3 N–H and O–H groups in total. The molecule has 102 valence electrons. The average molecular weight is 254 g/mol. The number of carbonyl (C=O) groups excluding carboxylic acids is 1. The van der Waals surface area contributed by atoms with E-state index in [9.17, 15) is 4.79 Å². The second-order valence-electron chi connectivity index (χ2n) is 5.53. The molecule has 1 unspecified atom stereocenters. The first-order valence-corrected chi connectivity index (χ1v) is 6.49. The van der Waals surface area contributed by atoms with Crippen LogP contribution in [-0.2, 0) is 4.79 Å². The van der Waals surface area contributed by atoms with Gasteiger partial charge in [0.15, 0.2) is 5.84 Å². The Kier molecular flexibility index (Phi) is 3.47. The van der Waals surface area contributed by atoms with E-state index in [1.165, 1.54) is 0 Å². The number of nitrogens with two attached hydrogens (primary N) is 1. The molecule has 0 aromatic heterocycles. The zero-order chi connectivity index (χ0) is 13.3. The number of likely N-dealkylation sites (N-methyl/N-ethyl adjacent to an activating group) is 1. The van der Waals surface area contributed by atoms with E-state index in [0.717, 1.165) is 26.1 Å². The Morgan fingerprint density at radius 2 is 2.11 bits per heavy atom. The van der Waals surface area contributed by atoms with Crippen molar-refractivity contribution in [2.45, 2.75) is 32.2 Å². The normalized spacial score (nSPS) is 28.9. The number of oxime groups is 1. The number of amides is 1. The number of amidine groups is 1. The van der Waals surface area contributed by atoms with Crippen molar-refractivity contribution in [3.63, 3.8) is 0 Å². The van der Waals surface area contributed by atoms with Gasteiger partial charge in [-0.1, -0.05) is 11.6 Å². The lowest BCUT2D eigenvalue weighted by molar-refractivity contribution is -0.146. The van der Waals surface area contributed by atoms with Gasteiger partial charge in [-0.15, -0.1) is 0 Å². The van der Waals surface area contributed by atoms with E-state index >= 15 is 0 Å². The second-order valence-corrected chi connectivity index (χ2v) is 5.53. The van der Waals surface area contributed by atoms with E-state index in [2.05, 4.69) is 17.1 Å². The molecule has 1 aliphatic carbocycles. The van der Waals surface area contributed by atoms with Crippen LogP contribution in [0.15, 0.2) is 5.16 Å². The van der Waals surface area contributed by atoms with Gasteiger partial charge in [-0.05, 0) is 26.8 Å². The van der Waals surface area contributed by atoms with Gasteiger partial charge >= 0.3 is 0 Å². The Labute approximate surface area is 107 Å². The minimum atomic E-state index is -0.737. The van der Waals surface area contributed by atoms with E-state index in [-0.39, 0.29) is 17.8 Å². The summed E-state index contributed by atoms with van der Waals surface area (Å²) in [6.07, 6.45) is 2.35. The highest BCUT2D eigenvalue weighted by Crippen LogP contribution is 2.43. The van der Waals surface area contributed by atoms with Crippen LogP contribution >= 0.6 is 0 Å². The molecule has 6 nitrogen and oxygen atoms in total. The molecule has 1 amide bonds. The third-order valence-corrected chi connectivity index (χ3v) is 4.31. The summed E-state index contributed by atoms with van der Waals surface area (Å²) >= 11 is 0. The van der Waals surface area contributed by atoms with Crippen molar-refractivity contribution in [1.82, 2.24) is 9.80 Å². The van der Waals surface area contributed by atoms with Crippen LogP contribution in [0.3, 0.4) is 0 Å². The maximum atomic E-state index is 12.7. The van der Waals surface area contributed by atoms with Crippen molar-refractivity contribution in [3.05, 3.63) is 0 Å². The number of rotatable bonds is 2. The Balaban J connectivity index is 2.15. The molecule has 0 aromatic carbocycles. The zero-order valence-corrected chi connectivity index (χ0v) is 11.1. The van der Waals surface area contributed by atoms with Crippen LogP contribution in [0, 0.1) is 5.41 Å². The summed E-state index contributed by atoms with van der Waals surface area (Å²) in [4.78, 5) is 16.8. The quantitative estimate of drug-likeness (QED) is 0.316. The maximum Gasteiger partial charge on any atom is 0.236 e. The number of carbonyl (C=O) groups is 1. The van der Waals surface area contributed by atoms with Crippen molar-refractivity contribution in [3.8, 4) is 0 Å². The average Bonchev–Trinajstić information content (AvgIpc) is 2.26. The van der Waals surface area contributed by atoms with Gasteiger partial charge in [-0.3, -0.25) is 4.79 Å². The molecular formula is C12H22N4O2. The van der Waals surface area contributed by atoms with Crippen LogP contribution < -0.4 is 5.73 Å². The van der Waals surface area contributed by atoms with Crippen molar-refractivity contribution in [1.29, 1.82) is 0 Å². The highest BCUT2D eigenvalue weighted by atomic mass is 16.4. The third-order valence-electron chi connectivity index (χ3n) is 4.31. The molecule has 6 heteroatoms. The molecule has 1 aliphatic heterocycles. The van der Waals surface area contributed by atoms with Crippen molar-refractivity contribution >= 4 is 11.7 Å². The lowest BCUT2D eigenvalue weighted by atomic mass is 9.66. The maximum absolute atomic E-state index is 12.7. The molecule has 1 saturated carbocycles. The molecule has 0 spiro atoms. The molecule has 18 heavy (non-hydrogen) atoms. The van der Waals surface area contributed by atoms with Crippen LogP contribution in [0.5, 0.6) is 0 Å². The SMILES string of the molecule is CC1CN(C)CCN1C(=O)C1(C(N)=NO)CCC1. The second kappa shape index (κ2) is 4.76. The standard InChI is InChI=1S/C12H22N4O2/c1-9-8-15(2)6-7-16(9)11(17)12(4-3-5-12)10(13)14-18/h9,18H,3-8H2,1-2H3,(H2,13,14). The summed E-state index contributed by atoms with van der Waals surface area (Å²) in [5.74, 6) is 0.106. The fourth-order valence-electron chi connectivity index (χ4n) is 2.92. The van der Waals surface area contributed by atoms with E-state index in [1.807, 2.05) is 11.8 Å². The van der Waals surface area contributed by atoms with Gasteiger partial charge < -0.3 is 20.7 Å². The smallest absolute Gasteiger partial charge is 0.236 e. The summed E-state index contributed by atoms with van der Waals surface area (Å²) in [7, 11) is 2.06. The first-order chi connectivity index (χ1) is 8.51. The Bertz CT molecular complexity index is 365. The van der Waals surface area contributed by atoms with Crippen LogP contribution in [0.2, 0.25) is 0 Å². The van der Waals surface area contributed by atoms with E-state index in [4.69, 9.17) is 10.9 Å². The van der Waals surface area contributed by atoms with Crippen LogP contribution in [0.1, 0.15) is 26.2 Å². The summed E-state index contributed by atoms with van der Waals surface area (Å²) in [6, 6.07) is 0.181. The van der Waals surface area contributed by atoms with Gasteiger partial charge in [-0.25, -0.2) is 0 Å². The van der Waals surface area contributed by atoms with Gasteiger partial charge in [0.2, 0.25) is 5.91 Å². The van der Waals surface area contributed by atoms with Gasteiger partial charge in [0.25, 0.3) is 0 Å². The summed E-state index contributed by atoms with van der Waals surface area (Å²) in [5, 5.41) is 11.9. The molecule has 2 fully saturated rings. The molecule has 0 aromatic rings. The molecule has 1 saturated heterocycles. The van der Waals surface area contributed by atoms with Crippen LogP contribution in [0.4, 0.5) is 0 Å². The molecule has 1 atom stereocenters. The minimum Gasteiger partial charge on any atom is -0.409 e. The third kappa shape index (κ3) is 1.94. The van der Waals surface area contributed by atoms with Crippen LogP contribution in [-0.4, -0.2) is 59.5 Å². The fraction of sp³-hybridized carbons (Fsp3) is 0.833. The number of nitrogens with zero attached hydrogens (tertiary/aromatic N) is 3. The topological polar surface area (TPSA) is 82.2 Å². The van der Waals surface area contributed by atoms with Crippen molar-refractivity contribution in [2.24, 2.45) is 16.3 Å². The number of hydrogen-bond donors (Lipinski definition) is 2. The van der Waals surface area contributed by atoms with Crippen molar-refractivity contribution < 1.29 is 10.0 Å². The van der Waals surface area contributed by atoms with Crippen molar-refractivity contribution in [2.75, 3.05) is 26.7 Å². The molecule has 0 bridgehead atoms. The monoisotopic (exact) mass is 254 g/mol. The number of piperazine rings is 1. The van der Waals surface area contributed by atoms with Gasteiger partial charge in [0.05, 0.1) is 0 Å². The predicted octanol–water partition coefficient (Wildman–Crippen LogP) is 0.0656. The first kappa shape index (κ1) is 13.1. The molecule has 2 aliphatic rings. The number of hydrogen-bond acceptors (Lipinski definition) is 4. The lowest BCUT2D eigenvalue weighted by Gasteiger charge is -2.46. The molecule has 0 radical (unpaired) electrons. The fourth-order valence-corrected chi connectivity index (χ4v) is 2.92.